The Bertz CT molecular complexity index is 959. The van der Waals surface area contributed by atoms with Gasteiger partial charge in [0.25, 0.3) is 11.8 Å². The number of allylic oxidation sites excluding steroid dienone is 2. The zero-order valence-corrected chi connectivity index (χ0v) is 13.5. The van der Waals surface area contributed by atoms with Gasteiger partial charge in [-0.3, -0.25) is 14.9 Å². The summed E-state index contributed by atoms with van der Waals surface area (Å²) in [6.07, 6.45) is 0.752. The van der Waals surface area contributed by atoms with Crippen molar-refractivity contribution >= 4 is 29.6 Å². The molecule has 4 amide bonds. The Kier molecular flexibility index (Phi) is 4.68. The highest BCUT2D eigenvalue weighted by molar-refractivity contribution is 6.37. The minimum absolute atomic E-state index is 0.305. The van der Waals surface area contributed by atoms with Crippen LogP contribution in [0.1, 0.15) is 11.3 Å². The van der Waals surface area contributed by atoms with Crippen LogP contribution in [0.4, 0.5) is 23.7 Å². The zero-order chi connectivity index (χ0) is 19.6. The van der Waals surface area contributed by atoms with Crippen molar-refractivity contribution in [3.63, 3.8) is 0 Å². The van der Waals surface area contributed by atoms with E-state index in [1.807, 2.05) is 5.32 Å². The largest absolute Gasteiger partial charge is 0.465 e. The van der Waals surface area contributed by atoms with Crippen LogP contribution in [0.15, 0.2) is 64.8 Å². The molecule has 138 valence electrons. The van der Waals surface area contributed by atoms with Crippen LogP contribution in [-0.4, -0.2) is 17.8 Å². The number of imide groups is 2. The normalized spacial score (nSPS) is 17.1. The van der Waals surface area contributed by atoms with Gasteiger partial charge in [-0.05, 0) is 42.5 Å². The summed E-state index contributed by atoms with van der Waals surface area (Å²) in [6.45, 7) is 0. The third-order valence-corrected chi connectivity index (χ3v) is 3.60. The number of amides is 4. The summed E-state index contributed by atoms with van der Waals surface area (Å²) in [4.78, 5) is 37.0. The molecule has 2 aromatic rings. The smallest absolute Gasteiger partial charge is 0.416 e. The highest BCUT2D eigenvalue weighted by Crippen LogP contribution is 2.32. The lowest BCUT2D eigenvalue weighted by Gasteiger charge is -2.26. The minimum atomic E-state index is -4.65. The highest BCUT2D eigenvalue weighted by Gasteiger charge is 2.38. The number of furan rings is 1. The Labute approximate surface area is 150 Å². The first-order chi connectivity index (χ1) is 12.8. The molecular weight excluding hydrogens is 365 g/mol. The van der Waals surface area contributed by atoms with E-state index in [1.165, 1.54) is 24.5 Å². The number of carbonyl (C=O) groups is 3. The molecule has 27 heavy (non-hydrogen) atoms. The maximum absolute atomic E-state index is 12.9. The van der Waals surface area contributed by atoms with Gasteiger partial charge in [-0.25, -0.2) is 9.69 Å². The zero-order valence-electron chi connectivity index (χ0n) is 13.5. The lowest BCUT2D eigenvalue weighted by atomic mass is 10.1. The van der Waals surface area contributed by atoms with Gasteiger partial charge in [0.05, 0.1) is 17.5 Å². The average Bonchev–Trinajstić information content (AvgIpc) is 3.10. The molecule has 3 rings (SSSR count). The molecule has 0 aliphatic carbocycles. The van der Waals surface area contributed by atoms with E-state index in [0.29, 0.717) is 16.7 Å². The van der Waals surface area contributed by atoms with Gasteiger partial charge in [0.15, 0.2) is 0 Å². The summed E-state index contributed by atoms with van der Waals surface area (Å²) in [5.74, 6) is -1.52. The molecule has 2 heterocycles. The van der Waals surface area contributed by atoms with E-state index in [1.54, 1.807) is 12.1 Å². The molecule has 1 N–H and O–H groups in total. The van der Waals surface area contributed by atoms with Crippen LogP contribution < -0.4 is 10.2 Å². The number of nitrogens with zero attached hydrogens (tertiary/aromatic N) is 1. The fourth-order valence-corrected chi connectivity index (χ4v) is 2.36. The number of nitrogens with one attached hydrogen (secondary N) is 1. The summed E-state index contributed by atoms with van der Waals surface area (Å²) in [5.41, 5.74) is -1.74. The lowest BCUT2D eigenvalue weighted by molar-refractivity contribution is -0.137. The van der Waals surface area contributed by atoms with Gasteiger partial charge in [0.1, 0.15) is 11.3 Å². The van der Waals surface area contributed by atoms with Gasteiger partial charge in [-0.2, -0.15) is 13.2 Å². The van der Waals surface area contributed by atoms with Gasteiger partial charge in [-0.1, -0.05) is 12.1 Å². The standard InChI is InChI=1S/C18H11F3N2O4/c19-18(20,21)11-4-1-5-12(10-11)23-16(25)14(15(24)22-17(23)26)8-2-6-13-7-3-9-27-13/h1-10H,(H,22,24,26). The van der Waals surface area contributed by atoms with Crippen LogP contribution in [0.2, 0.25) is 0 Å². The van der Waals surface area contributed by atoms with Crippen LogP contribution in [-0.2, 0) is 15.8 Å². The van der Waals surface area contributed by atoms with Crippen molar-refractivity contribution in [3.05, 3.63) is 71.7 Å². The molecule has 1 aliphatic heterocycles. The van der Waals surface area contributed by atoms with Gasteiger partial charge in [-0.15, -0.1) is 0 Å². The van der Waals surface area contributed by atoms with Crippen LogP contribution in [0.5, 0.6) is 0 Å². The molecule has 1 aliphatic rings. The van der Waals surface area contributed by atoms with Crippen molar-refractivity contribution in [2.45, 2.75) is 6.18 Å². The average molecular weight is 376 g/mol. The molecule has 0 radical (unpaired) electrons. The van der Waals surface area contributed by atoms with Crippen LogP contribution in [0, 0.1) is 0 Å². The van der Waals surface area contributed by atoms with E-state index >= 15 is 0 Å². The Morgan fingerprint density at radius 3 is 2.52 bits per heavy atom. The Morgan fingerprint density at radius 2 is 1.85 bits per heavy atom. The molecule has 1 fully saturated rings. The monoisotopic (exact) mass is 376 g/mol. The third-order valence-electron chi connectivity index (χ3n) is 3.60. The number of anilines is 1. The number of barbiturate groups is 1. The fraction of sp³-hybridized carbons (Fsp3) is 0.0556. The highest BCUT2D eigenvalue weighted by atomic mass is 19.4. The second-order valence-electron chi connectivity index (χ2n) is 5.40. The van der Waals surface area contributed by atoms with Gasteiger partial charge in [0, 0.05) is 0 Å². The Morgan fingerprint density at radius 1 is 1.07 bits per heavy atom. The van der Waals surface area contributed by atoms with Crippen molar-refractivity contribution in [2.24, 2.45) is 0 Å². The van der Waals surface area contributed by atoms with Crippen LogP contribution >= 0.6 is 0 Å². The fourth-order valence-electron chi connectivity index (χ4n) is 2.36. The Balaban J connectivity index is 1.93. The van der Waals surface area contributed by atoms with Crippen molar-refractivity contribution in [3.8, 4) is 0 Å². The quantitative estimate of drug-likeness (QED) is 0.657. The first-order valence-corrected chi connectivity index (χ1v) is 7.56. The summed E-state index contributed by atoms with van der Waals surface area (Å²) >= 11 is 0. The summed E-state index contributed by atoms with van der Waals surface area (Å²) in [6, 6.07) is 5.84. The first kappa shape index (κ1) is 18.2. The first-order valence-electron chi connectivity index (χ1n) is 7.56. The molecule has 0 spiro atoms. The van der Waals surface area contributed by atoms with E-state index in [0.717, 1.165) is 18.2 Å². The number of carbonyl (C=O) groups excluding carboxylic acids is 3. The second kappa shape index (κ2) is 6.94. The van der Waals surface area contributed by atoms with Crippen molar-refractivity contribution in [1.29, 1.82) is 0 Å². The summed E-state index contributed by atoms with van der Waals surface area (Å²) < 4.78 is 43.7. The molecule has 0 bridgehead atoms. The molecule has 0 unspecified atom stereocenters. The van der Waals surface area contributed by atoms with Gasteiger partial charge in [0.2, 0.25) is 0 Å². The third kappa shape index (κ3) is 3.81. The lowest BCUT2D eigenvalue weighted by Crippen LogP contribution is -2.54. The SMILES string of the molecule is O=C1NC(=O)N(c2cccc(C(F)(F)F)c2)C(=O)C1=CC=Cc1ccco1. The van der Waals surface area contributed by atoms with E-state index in [9.17, 15) is 27.6 Å². The van der Waals surface area contributed by atoms with Crippen molar-refractivity contribution < 1.29 is 32.0 Å². The molecule has 0 saturated carbocycles. The summed E-state index contributed by atoms with van der Waals surface area (Å²) in [5, 5.41) is 1.93. The number of halogens is 3. The maximum Gasteiger partial charge on any atom is 0.416 e. The summed E-state index contributed by atoms with van der Waals surface area (Å²) in [7, 11) is 0. The van der Waals surface area contributed by atoms with Crippen LogP contribution in [0.3, 0.4) is 0 Å². The molecule has 1 saturated heterocycles. The van der Waals surface area contributed by atoms with Gasteiger partial charge >= 0.3 is 12.2 Å². The molecule has 1 aromatic carbocycles. The number of benzene rings is 1. The molecule has 6 nitrogen and oxygen atoms in total. The number of urea groups is 1. The number of hydrogen-bond donors (Lipinski definition) is 1. The minimum Gasteiger partial charge on any atom is -0.465 e. The number of rotatable bonds is 3. The van der Waals surface area contributed by atoms with E-state index < -0.39 is 35.2 Å². The Hall–Kier alpha value is -3.62. The van der Waals surface area contributed by atoms with E-state index in [4.69, 9.17) is 4.42 Å². The second-order valence-corrected chi connectivity index (χ2v) is 5.40. The number of alkyl halides is 3. The maximum atomic E-state index is 12.9. The molecule has 9 heteroatoms. The van der Waals surface area contributed by atoms with Crippen molar-refractivity contribution in [2.75, 3.05) is 4.90 Å². The molecular formula is C18H11F3N2O4. The number of hydrogen-bond acceptors (Lipinski definition) is 4. The molecule has 1 aromatic heterocycles. The van der Waals surface area contributed by atoms with Crippen LogP contribution in [0.25, 0.3) is 6.08 Å². The topological polar surface area (TPSA) is 79.6 Å². The predicted molar refractivity (Wildman–Crippen MR) is 88.3 cm³/mol. The van der Waals surface area contributed by atoms with E-state index in [2.05, 4.69) is 0 Å². The van der Waals surface area contributed by atoms with Gasteiger partial charge < -0.3 is 4.42 Å². The van der Waals surface area contributed by atoms with Crippen molar-refractivity contribution in [1.82, 2.24) is 5.32 Å². The molecule has 0 atom stereocenters. The van der Waals surface area contributed by atoms with E-state index in [-0.39, 0.29) is 5.69 Å². The predicted octanol–water partition coefficient (Wildman–Crippen LogP) is 3.52.